The van der Waals surface area contributed by atoms with Crippen LogP contribution in [0.1, 0.15) is 31.7 Å². The Kier molecular flexibility index (Phi) is 5.22. The van der Waals surface area contributed by atoms with Crippen molar-refractivity contribution in [3.63, 3.8) is 0 Å². The molecule has 0 aromatic heterocycles. The van der Waals surface area contributed by atoms with Crippen LogP contribution in [0.15, 0.2) is 36.3 Å². The predicted molar refractivity (Wildman–Crippen MR) is 69.4 cm³/mol. The second-order valence-electron chi connectivity index (χ2n) is 3.84. The smallest absolute Gasteiger partial charge is 0.331 e. The first-order chi connectivity index (χ1) is 8.07. The summed E-state index contributed by atoms with van der Waals surface area (Å²) in [5.74, 6) is 0.323. The van der Waals surface area contributed by atoms with E-state index >= 15 is 0 Å². The van der Waals surface area contributed by atoms with Crippen LogP contribution in [0, 0.1) is 0 Å². The summed E-state index contributed by atoms with van der Waals surface area (Å²) < 4.78 is 27.0. The molecule has 0 N–H and O–H groups in total. The van der Waals surface area contributed by atoms with Gasteiger partial charge in [0, 0.05) is 0 Å². The van der Waals surface area contributed by atoms with Crippen LogP contribution in [0.5, 0.6) is 5.75 Å². The summed E-state index contributed by atoms with van der Waals surface area (Å²) in [6, 6.07) is 7.12. The second-order valence-corrected chi connectivity index (χ2v) is 5.33. The number of rotatable bonds is 7. The molecule has 0 aliphatic carbocycles. The molecule has 94 valence electrons. The van der Waals surface area contributed by atoms with Crippen molar-refractivity contribution >= 4 is 10.1 Å². The Hall–Kier alpha value is -1.29. The zero-order valence-electron chi connectivity index (χ0n) is 10.1. The van der Waals surface area contributed by atoms with Crippen molar-refractivity contribution in [2.24, 2.45) is 0 Å². The zero-order valence-corrected chi connectivity index (χ0v) is 10.9. The zero-order chi connectivity index (χ0) is 12.7. The second kappa shape index (κ2) is 6.45. The molecule has 0 radical (unpaired) electrons. The molecule has 0 aliphatic rings. The third-order valence-electron chi connectivity index (χ3n) is 2.41. The highest BCUT2D eigenvalue weighted by molar-refractivity contribution is 7.90. The van der Waals surface area contributed by atoms with Gasteiger partial charge in [-0.05, 0) is 30.5 Å². The Morgan fingerprint density at radius 2 is 1.88 bits per heavy atom. The van der Waals surface area contributed by atoms with Gasteiger partial charge in [0.2, 0.25) is 0 Å². The van der Waals surface area contributed by atoms with Crippen molar-refractivity contribution in [2.75, 3.05) is 0 Å². The van der Waals surface area contributed by atoms with Gasteiger partial charge in [0.25, 0.3) is 0 Å². The SMILES string of the molecule is C=CS(=O)(=O)Oc1ccc(CCCCC)cc1. The molecule has 1 rings (SSSR count). The summed E-state index contributed by atoms with van der Waals surface area (Å²) >= 11 is 0. The fourth-order valence-corrected chi connectivity index (χ4v) is 1.91. The first kappa shape index (κ1) is 13.8. The van der Waals surface area contributed by atoms with Gasteiger partial charge in [-0.1, -0.05) is 38.5 Å². The van der Waals surface area contributed by atoms with Crippen molar-refractivity contribution in [1.82, 2.24) is 0 Å². The maximum atomic E-state index is 11.1. The highest BCUT2D eigenvalue weighted by atomic mass is 32.2. The molecule has 0 aliphatic heterocycles. The maximum absolute atomic E-state index is 11.1. The summed E-state index contributed by atoms with van der Waals surface area (Å²) in [6.45, 7) is 5.35. The van der Waals surface area contributed by atoms with E-state index in [2.05, 4.69) is 13.5 Å². The summed E-state index contributed by atoms with van der Waals surface area (Å²) in [5, 5.41) is 0.794. The molecule has 0 spiro atoms. The highest BCUT2D eigenvalue weighted by Crippen LogP contribution is 2.16. The number of unbranched alkanes of at least 4 members (excludes halogenated alkanes) is 2. The van der Waals surface area contributed by atoms with E-state index < -0.39 is 10.1 Å². The van der Waals surface area contributed by atoms with Crippen molar-refractivity contribution < 1.29 is 12.6 Å². The van der Waals surface area contributed by atoms with E-state index in [4.69, 9.17) is 4.18 Å². The van der Waals surface area contributed by atoms with Gasteiger partial charge in [0.15, 0.2) is 0 Å². The number of aryl methyl sites for hydroxylation is 1. The van der Waals surface area contributed by atoms with Crippen molar-refractivity contribution in [3.05, 3.63) is 41.8 Å². The van der Waals surface area contributed by atoms with Crippen molar-refractivity contribution in [2.45, 2.75) is 32.6 Å². The molecule has 0 atom stereocenters. The summed E-state index contributed by atoms with van der Waals surface area (Å²) in [7, 11) is -3.64. The normalized spacial score (nSPS) is 11.1. The van der Waals surface area contributed by atoms with Gasteiger partial charge in [-0.25, -0.2) is 0 Å². The minimum Gasteiger partial charge on any atom is -0.379 e. The van der Waals surface area contributed by atoms with Crippen LogP contribution in [0.25, 0.3) is 0 Å². The monoisotopic (exact) mass is 254 g/mol. The van der Waals surface area contributed by atoms with Gasteiger partial charge >= 0.3 is 10.1 Å². The minimum absolute atomic E-state index is 0.323. The van der Waals surface area contributed by atoms with Crippen LogP contribution in [0.3, 0.4) is 0 Å². The lowest BCUT2D eigenvalue weighted by Gasteiger charge is -2.04. The van der Waals surface area contributed by atoms with E-state index in [0.29, 0.717) is 5.75 Å². The Bertz CT molecular complexity index is 446. The summed E-state index contributed by atoms with van der Waals surface area (Å²) in [6.07, 6.45) is 4.58. The largest absolute Gasteiger partial charge is 0.379 e. The van der Waals surface area contributed by atoms with Gasteiger partial charge in [0.05, 0.1) is 5.41 Å². The average Bonchev–Trinajstić information content (AvgIpc) is 2.31. The molecule has 0 bridgehead atoms. The molecule has 0 saturated carbocycles. The molecule has 0 fully saturated rings. The van der Waals surface area contributed by atoms with Gasteiger partial charge in [0.1, 0.15) is 5.75 Å². The quantitative estimate of drug-likeness (QED) is 0.554. The van der Waals surface area contributed by atoms with Crippen LogP contribution in [0.2, 0.25) is 0 Å². The third kappa shape index (κ3) is 5.04. The number of hydrogen-bond acceptors (Lipinski definition) is 3. The topological polar surface area (TPSA) is 43.4 Å². The number of hydrogen-bond donors (Lipinski definition) is 0. The average molecular weight is 254 g/mol. The first-order valence-electron chi connectivity index (χ1n) is 5.73. The first-order valence-corrected chi connectivity index (χ1v) is 7.20. The van der Waals surface area contributed by atoms with Crippen molar-refractivity contribution in [1.29, 1.82) is 0 Å². The standard InChI is InChI=1S/C13H18O3S/c1-3-5-6-7-12-8-10-13(11-9-12)16-17(14,15)4-2/h4,8-11H,2-3,5-7H2,1H3. The van der Waals surface area contributed by atoms with E-state index in [1.54, 1.807) is 12.1 Å². The Morgan fingerprint density at radius 1 is 1.24 bits per heavy atom. The lowest BCUT2D eigenvalue weighted by Crippen LogP contribution is -2.04. The van der Waals surface area contributed by atoms with Gasteiger partial charge < -0.3 is 4.18 Å². The predicted octanol–water partition coefficient (Wildman–Crippen LogP) is 3.27. The molecule has 17 heavy (non-hydrogen) atoms. The van der Waals surface area contributed by atoms with E-state index in [0.717, 1.165) is 18.2 Å². The molecule has 3 nitrogen and oxygen atoms in total. The molecule has 1 aromatic rings. The van der Waals surface area contributed by atoms with E-state index in [1.165, 1.54) is 18.4 Å². The van der Waals surface area contributed by atoms with Crippen LogP contribution in [0.4, 0.5) is 0 Å². The Labute approximate surface area is 103 Å². The Morgan fingerprint density at radius 3 is 2.41 bits per heavy atom. The lowest BCUT2D eigenvalue weighted by atomic mass is 10.1. The maximum Gasteiger partial charge on any atom is 0.331 e. The minimum atomic E-state index is -3.64. The van der Waals surface area contributed by atoms with Crippen LogP contribution in [-0.2, 0) is 16.5 Å². The van der Waals surface area contributed by atoms with Gasteiger partial charge in [-0.2, -0.15) is 8.42 Å². The van der Waals surface area contributed by atoms with E-state index in [1.807, 2.05) is 12.1 Å². The highest BCUT2D eigenvalue weighted by Gasteiger charge is 2.06. The number of benzene rings is 1. The van der Waals surface area contributed by atoms with E-state index in [9.17, 15) is 8.42 Å². The van der Waals surface area contributed by atoms with Gasteiger partial charge in [-0.3, -0.25) is 0 Å². The fourth-order valence-electron chi connectivity index (χ4n) is 1.46. The molecule has 0 saturated heterocycles. The lowest BCUT2D eigenvalue weighted by molar-refractivity contribution is 0.496. The Balaban J connectivity index is 2.59. The molecule has 4 heteroatoms. The molecule has 0 heterocycles. The molecule has 0 amide bonds. The van der Waals surface area contributed by atoms with E-state index in [-0.39, 0.29) is 0 Å². The molecule has 1 aromatic carbocycles. The summed E-state index contributed by atoms with van der Waals surface area (Å²) in [5.41, 5.74) is 1.20. The van der Waals surface area contributed by atoms with Crippen LogP contribution >= 0.6 is 0 Å². The van der Waals surface area contributed by atoms with Crippen LogP contribution < -0.4 is 4.18 Å². The van der Waals surface area contributed by atoms with Gasteiger partial charge in [-0.15, -0.1) is 0 Å². The van der Waals surface area contributed by atoms with Crippen LogP contribution in [-0.4, -0.2) is 8.42 Å². The van der Waals surface area contributed by atoms with Crippen molar-refractivity contribution in [3.8, 4) is 5.75 Å². The summed E-state index contributed by atoms with van der Waals surface area (Å²) in [4.78, 5) is 0. The molecular weight excluding hydrogens is 236 g/mol. The molecule has 0 unspecified atom stereocenters. The fraction of sp³-hybridized carbons (Fsp3) is 0.385. The third-order valence-corrected chi connectivity index (χ3v) is 3.24. The molecular formula is C13H18O3S.